The summed E-state index contributed by atoms with van der Waals surface area (Å²) in [6, 6.07) is 4.54. The Labute approximate surface area is 144 Å². The van der Waals surface area contributed by atoms with E-state index in [0.29, 0.717) is 22.6 Å². The van der Waals surface area contributed by atoms with Crippen LogP contribution in [-0.4, -0.2) is 45.3 Å². The Balaban J connectivity index is 0.00000242. The maximum Gasteiger partial charge on any atom is 0.179 e. The molecule has 1 heterocycles. The van der Waals surface area contributed by atoms with Crippen LogP contribution in [0.4, 0.5) is 0 Å². The van der Waals surface area contributed by atoms with Gasteiger partial charge in [0.25, 0.3) is 0 Å². The van der Waals surface area contributed by atoms with Crippen molar-refractivity contribution in [3.8, 4) is 11.5 Å². The normalized spacial score (nSPS) is 18.5. The molecule has 0 aromatic heterocycles. The van der Waals surface area contributed by atoms with Crippen LogP contribution < -0.4 is 14.8 Å². The Hall–Kier alpha value is -0.680. The zero-order valence-corrected chi connectivity index (χ0v) is 15.1. The molecule has 0 amide bonds. The molecular formula is C16H26Cl2N2O2. The van der Waals surface area contributed by atoms with Gasteiger partial charge in [0, 0.05) is 12.6 Å². The average Bonchev–Trinajstić information content (AvgIpc) is 2.78. The largest absolute Gasteiger partial charge is 0.493 e. The third-order valence-corrected chi connectivity index (χ3v) is 4.57. The molecule has 1 aliphatic heterocycles. The molecule has 126 valence electrons. The van der Waals surface area contributed by atoms with Crippen LogP contribution >= 0.6 is 24.0 Å². The van der Waals surface area contributed by atoms with Crippen molar-refractivity contribution in [1.29, 1.82) is 0 Å². The molecule has 1 aliphatic rings. The molecule has 1 saturated heterocycles. The van der Waals surface area contributed by atoms with E-state index in [1.807, 2.05) is 12.1 Å². The maximum atomic E-state index is 6.46. The lowest BCUT2D eigenvalue weighted by Gasteiger charge is -2.27. The van der Waals surface area contributed by atoms with Gasteiger partial charge in [-0.2, -0.15) is 0 Å². The highest BCUT2D eigenvalue weighted by Crippen LogP contribution is 2.37. The summed E-state index contributed by atoms with van der Waals surface area (Å²) in [5.41, 5.74) is 1.08. The Morgan fingerprint density at radius 2 is 2.00 bits per heavy atom. The second-order valence-corrected chi connectivity index (χ2v) is 5.90. The number of ether oxygens (including phenoxy) is 2. The number of methoxy groups -OCH3 is 2. The van der Waals surface area contributed by atoms with E-state index in [0.717, 1.165) is 25.2 Å². The molecule has 0 radical (unpaired) electrons. The maximum absolute atomic E-state index is 6.46. The van der Waals surface area contributed by atoms with Crippen LogP contribution in [0.15, 0.2) is 12.1 Å². The lowest BCUT2D eigenvalue weighted by Crippen LogP contribution is -2.32. The summed E-state index contributed by atoms with van der Waals surface area (Å²) in [4.78, 5) is 2.39. The number of hydrogen-bond acceptors (Lipinski definition) is 4. The van der Waals surface area contributed by atoms with E-state index in [9.17, 15) is 0 Å². The molecule has 1 unspecified atom stereocenters. The van der Waals surface area contributed by atoms with Crippen molar-refractivity contribution in [2.24, 2.45) is 0 Å². The summed E-state index contributed by atoms with van der Waals surface area (Å²) in [6.07, 6.45) is 3.64. The van der Waals surface area contributed by atoms with Gasteiger partial charge in [-0.1, -0.05) is 17.7 Å². The van der Waals surface area contributed by atoms with E-state index in [1.54, 1.807) is 14.2 Å². The summed E-state index contributed by atoms with van der Waals surface area (Å²) < 4.78 is 10.6. The van der Waals surface area contributed by atoms with Crippen LogP contribution in [0.1, 0.15) is 24.8 Å². The molecule has 6 heteroatoms. The summed E-state index contributed by atoms with van der Waals surface area (Å²) >= 11 is 6.46. The fourth-order valence-corrected chi connectivity index (χ4v) is 3.18. The van der Waals surface area contributed by atoms with Gasteiger partial charge in [-0.3, -0.25) is 4.90 Å². The van der Waals surface area contributed by atoms with Crippen LogP contribution in [-0.2, 0) is 6.54 Å². The summed E-state index contributed by atoms with van der Waals surface area (Å²) in [5.74, 6) is 1.29. The quantitative estimate of drug-likeness (QED) is 0.884. The van der Waals surface area contributed by atoms with Crippen molar-refractivity contribution in [3.63, 3.8) is 0 Å². The highest BCUT2D eigenvalue weighted by atomic mass is 35.5. The predicted octanol–water partition coefficient (Wildman–Crippen LogP) is 3.35. The van der Waals surface area contributed by atoms with Crippen molar-refractivity contribution in [1.82, 2.24) is 10.2 Å². The number of benzene rings is 1. The minimum absolute atomic E-state index is 0. The minimum atomic E-state index is 0. The first-order chi connectivity index (χ1) is 10.2. The van der Waals surface area contributed by atoms with Crippen LogP contribution in [0, 0.1) is 0 Å². The first-order valence-corrected chi connectivity index (χ1v) is 7.85. The molecule has 2 rings (SSSR count). The van der Waals surface area contributed by atoms with Gasteiger partial charge < -0.3 is 14.8 Å². The van der Waals surface area contributed by atoms with Gasteiger partial charge in [-0.15, -0.1) is 12.4 Å². The fraction of sp³-hybridized carbons (Fsp3) is 0.625. The third kappa shape index (κ3) is 4.66. The smallest absolute Gasteiger partial charge is 0.179 e. The van der Waals surface area contributed by atoms with Crippen LogP contribution in [0.2, 0.25) is 5.02 Å². The zero-order valence-electron chi connectivity index (χ0n) is 13.5. The Kier molecular flexibility index (Phi) is 8.33. The number of hydrogen-bond donors (Lipinski definition) is 1. The molecule has 0 aliphatic carbocycles. The Bertz CT molecular complexity index is 464. The standard InChI is InChI=1S/C16H25ClN2O2.ClH/c1-19(13-5-4-9-18-10-8-13)11-12-6-7-14(20-2)16(21-3)15(12)17;/h6-7,13,18H,4-5,8-11H2,1-3H3;1H. The molecule has 1 aromatic carbocycles. The van der Waals surface area contributed by atoms with Crippen LogP contribution in [0.5, 0.6) is 11.5 Å². The number of rotatable bonds is 5. The summed E-state index contributed by atoms with van der Waals surface area (Å²) in [6.45, 7) is 3.04. The second kappa shape index (κ2) is 9.46. The SMILES string of the molecule is COc1ccc(CN(C)C2CCCNCC2)c(Cl)c1OC.Cl. The van der Waals surface area contributed by atoms with Crippen molar-refractivity contribution in [2.75, 3.05) is 34.4 Å². The van der Waals surface area contributed by atoms with E-state index < -0.39 is 0 Å². The molecule has 1 fully saturated rings. The van der Waals surface area contributed by atoms with Gasteiger partial charge in [-0.05, 0) is 51.0 Å². The lowest BCUT2D eigenvalue weighted by atomic mass is 10.1. The van der Waals surface area contributed by atoms with Crippen molar-refractivity contribution in [3.05, 3.63) is 22.7 Å². The molecule has 22 heavy (non-hydrogen) atoms. The molecule has 1 atom stereocenters. The minimum Gasteiger partial charge on any atom is -0.493 e. The van der Waals surface area contributed by atoms with Gasteiger partial charge in [0.2, 0.25) is 0 Å². The molecule has 0 spiro atoms. The van der Waals surface area contributed by atoms with E-state index in [4.69, 9.17) is 21.1 Å². The van der Waals surface area contributed by atoms with Gasteiger partial charge in [0.1, 0.15) is 0 Å². The number of nitrogens with one attached hydrogen (secondary N) is 1. The van der Waals surface area contributed by atoms with Crippen LogP contribution in [0.25, 0.3) is 0 Å². The van der Waals surface area contributed by atoms with Gasteiger partial charge in [0.05, 0.1) is 19.2 Å². The van der Waals surface area contributed by atoms with E-state index in [1.165, 1.54) is 19.3 Å². The third-order valence-electron chi connectivity index (χ3n) is 4.15. The molecule has 1 aromatic rings. The van der Waals surface area contributed by atoms with E-state index in [-0.39, 0.29) is 12.4 Å². The highest BCUT2D eigenvalue weighted by Gasteiger charge is 2.19. The molecule has 4 nitrogen and oxygen atoms in total. The molecule has 1 N–H and O–H groups in total. The van der Waals surface area contributed by atoms with Crippen molar-refractivity contribution >= 4 is 24.0 Å². The van der Waals surface area contributed by atoms with Crippen molar-refractivity contribution in [2.45, 2.75) is 31.8 Å². The topological polar surface area (TPSA) is 33.7 Å². The summed E-state index contributed by atoms with van der Waals surface area (Å²) in [7, 11) is 5.41. The van der Waals surface area contributed by atoms with Gasteiger partial charge >= 0.3 is 0 Å². The fourth-order valence-electron chi connectivity index (χ4n) is 2.89. The first kappa shape index (κ1) is 19.4. The second-order valence-electron chi connectivity index (χ2n) is 5.52. The van der Waals surface area contributed by atoms with Gasteiger partial charge in [0.15, 0.2) is 11.5 Å². The van der Waals surface area contributed by atoms with Crippen molar-refractivity contribution < 1.29 is 9.47 Å². The monoisotopic (exact) mass is 348 g/mol. The van der Waals surface area contributed by atoms with E-state index >= 15 is 0 Å². The predicted molar refractivity (Wildman–Crippen MR) is 93.8 cm³/mol. The average molecular weight is 349 g/mol. The van der Waals surface area contributed by atoms with Crippen LogP contribution in [0.3, 0.4) is 0 Å². The molecule has 0 saturated carbocycles. The number of halogens is 2. The first-order valence-electron chi connectivity index (χ1n) is 7.47. The Morgan fingerprint density at radius 1 is 1.23 bits per heavy atom. The zero-order chi connectivity index (χ0) is 15.2. The highest BCUT2D eigenvalue weighted by molar-refractivity contribution is 6.33. The Morgan fingerprint density at radius 3 is 2.68 bits per heavy atom. The molecular weight excluding hydrogens is 323 g/mol. The lowest BCUT2D eigenvalue weighted by molar-refractivity contribution is 0.216. The van der Waals surface area contributed by atoms with E-state index in [2.05, 4.69) is 17.3 Å². The number of nitrogens with zero attached hydrogens (tertiary/aromatic N) is 1. The molecule has 0 bridgehead atoms. The van der Waals surface area contributed by atoms with Gasteiger partial charge in [-0.25, -0.2) is 0 Å². The summed E-state index contributed by atoms with van der Waals surface area (Å²) in [5, 5.41) is 4.10.